The summed E-state index contributed by atoms with van der Waals surface area (Å²) in [5.41, 5.74) is -0.488. The van der Waals surface area contributed by atoms with Crippen molar-refractivity contribution in [2.24, 2.45) is 5.92 Å². The highest BCUT2D eigenvalue weighted by atomic mass is 19.4. The summed E-state index contributed by atoms with van der Waals surface area (Å²) in [5.74, 6) is -1.53. The molecule has 0 aliphatic carbocycles. The van der Waals surface area contributed by atoms with Crippen molar-refractivity contribution < 1.29 is 22.7 Å². The lowest BCUT2D eigenvalue weighted by Crippen LogP contribution is -2.40. The smallest absolute Gasteiger partial charge is 0.416 e. The van der Waals surface area contributed by atoms with Gasteiger partial charge in [0.2, 0.25) is 0 Å². The molecule has 1 heterocycles. The van der Waals surface area contributed by atoms with E-state index in [0.717, 1.165) is 6.07 Å². The Morgan fingerprint density at radius 2 is 2.05 bits per heavy atom. The molecule has 20 heavy (non-hydrogen) atoms. The monoisotopic (exact) mass is 287 g/mol. The Labute approximate surface area is 115 Å². The van der Waals surface area contributed by atoms with Gasteiger partial charge in [0.05, 0.1) is 18.6 Å². The Hall–Kier alpha value is -1.56. The van der Waals surface area contributed by atoms with Crippen molar-refractivity contribution in [2.75, 3.05) is 20.2 Å². The van der Waals surface area contributed by atoms with E-state index in [2.05, 4.69) is 5.32 Å². The first kappa shape index (κ1) is 14.8. The molecule has 1 N–H and O–H groups in total. The van der Waals surface area contributed by atoms with Crippen LogP contribution in [0, 0.1) is 5.92 Å². The van der Waals surface area contributed by atoms with Gasteiger partial charge in [-0.15, -0.1) is 0 Å². The van der Waals surface area contributed by atoms with E-state index in [0.29, 0.717) is 19.5 Å². The quantitative estimate of drug-likeness (QED) is 0.850. The summed E-state index contributed by atoms with van der Waals surface area (Å²) >= 11 is 0. The molecule has 2 unspecified atom stereocenters. The number of ether oxygens (including phenoxy) is 1. The number of methoxy groups -OCH3 is 1. The molecular weight excluding hydrogens is 271 g/mol. The topological polar surface area (TPSA) is 38.3 Å². The summed E-state index contributed by atoms with van der Waals surface area (Å²) in [6, 6.07) is 5.45. The summed E-state index contributed by atoms with van der Waals surface area (Å²) in [6.07, 6.45) is -3.94. The average Bonchev–Trinajstić information content (AvgIpc) is 2.45. The molecule has 110 valence electrons. The van der Waals surface area contributed by atoms with Crippen molar-refractivity contribution in [1.29, 1.82) is 0 Å². The van der Waals surface area contributed by atoms with E-state index in [9.17, 15) is 18.0 Å². The lowest BCUT2D eigenvalue weighted by Gasteiger charge is -2.32. The van der Waals surface area contributed by atoms with Gasteiger partial charge in [0.15, 0.2) is 0 Å². The minimum absolute atomic E-state index is 0.178. The van der Waals surface area contributed by atoms with Gasteiger partial charge in [0, 0.05) is 12.5 Å². The predicted molar refractivity (Wildman–Crippen MR) is 67.2 cm³/mol. The second kappa shape index (κ2) is 5.83. The van der Waals surface area contributed by atoms with Crippen LogP contribution in [0.2, 0.25) is 0 Å². The van der Waals surface area contributed by atoms with Gasteiger partial charge in [-0.1, -0.05) is 18.2 Å². The number of benzene rings is 1. The maximum atomic E-state index is 13.1. The van der Waals surface area contributed by atoms with E-state index in [-0.39, 0.29) is 5.56 Å². The Balaban J connectivity index is 2.40. The minimum atomic E-state index is -4.41. The van der Waals surface area contributed by atoms with Gasteiger partial charge in [-0.2, -0.15) is 13.2 Å². The van der Waals surface area contributed by atoms with Crippen molar-refractivity contribution >= 4 is 5.97 Å². The van der Waals surface area contributed by atoms with Crippen LogP contribution in [0.5, 0.6) is 0 Å². The SMILES string of the molecule is COC(=O)C1CNCCC1c1ccccc1C(F)(F)F. The first-order valence-corrected chi connectivity index (χ1v) is 6.40. The van der Waals surface area contributed by atoms with Crippen molar-refractivity contribution in [1.82, 2.24) is 5.32 Å². The molecule has 0 radical (unpaired) electrons. The number of nitrogens with one attached hydrogen (secondary N) is 1. The maximum Gasteiger partial charge on any atom is 0.416 e. The number of halogens is 3. The highest BCUT2D eigenvalue weighted by molar-refractivity contribution is 5.74. The largest absolute Gasteiger partial charge is 0.469 e. The van der Waals surface area contributed by atoms with Gasteiger partial charge in [0.1, 0.15) is 0 Å². The van der Waals surface area contributed by atoms with Gasteiger partial charge in [-0.25, -0.2) is 0 Å². The van der Waals surface area contributed by atoms with Gasteiger partial charge >= 0.3 is 12.1 Å². The fraction of sp³-hybridized carbons (Fsp3) is 0.500. The predicted octanol–water partition coefficient (Wildman–Crippen LogP) is 2.57. The molecule has 1 fully saturated rings. The van der Waals surface area contributed by atoms with E-state index >= 15 is 0 Å². The normalized spacial score (nSPS) is 23.4. The molecule has 2 atom stereocenters. The summed E-state index contributed by atoms with van der Waals surface area (Å²) in [7, 11) is 1.25. The van der Waals surface area contributed by atoms with Crippen LogP contribution in [0.15, 0.2) is 24.3 Å². The van der Waals surface area contributed by atoms with Gasteiger partial charge in [0.25, 0.3) is 0 Å². The number of carbonyl (C=O) groups excluding carboxylic acids is 1. The van der Waals surface area contributed by atoms with Crippen molar-refractivity contribution in [3.05, 3.63) is 35.4 Å². The maximum absolute atomic E-state index is 13.1. The van der Waals surface area contributed by atoms with Crippen LogP contribution in [0.1, 0.15) is 23.5 Å². The van der Waals surface area contributed by atoms with E-state index in [4.69, 9.17) is 4.74 Å². The van der Waals surface area contributed by atoms with E-state index in [1.165, 1.54) is 19.2 Å². The molecule has 1 saturated heterocycles. The standard InChI is InChI=1S/C14H16F3NO2/c1-20-13(19)11-8-18-7-6-9(11)10-4-2-3-5-12(10)14(15,16)17/h2-5,9,11,18H,6-8H2,1H3. The third-order valence-electron chi connectivity index (χ3n) is 3.65. The van der Waals surface area contributed by atoms with Crippen LogP contribution >= 0.6 is 0 Å². The van der Waals surface area contributed by atoms with Crippen molar-refractivity contribution in [3.63, 3.8) is 0 Å². The summed E-state index contributed by atoms with van der Waals surface area (Å²) in [5, 5.41) is 3.03. The molecule has 0 spiro atoms. The molecule has 2 rings (SSSR count). The first-order valence-electron chi connectivity index (χ1n) is 6.40. The fourth-order valence-corrected chi connectivity index (χ4v) is 2.71. The molecule has 0 amide bonds. The molecule has 1 aromatic rings. The lowest BCUT2D eigenvalue weighted by atomic mass is 9.79. The Bertz CT molecular complexity index is 488. The lowest BCUT2D eigenvalue weighted by molar-refractivity contribution is -0.148. The molecular formula is C14H16F3NO2. The third-order valence-corrected chi connectivity index (χ3v) is 3.65. The van der Waals surface area contributed by atoms with Crippen LogP contribution in [0.3, 0.4) is 0 Å². The van der Waals surface area contributed by atoms with Crippen LogP contribution in [0.25, 0.3) is 0 Å². The minimum Gasteiger partial charge on any atom is -0.469 e. The Morgan fingerprint density at radius 3 is 2.70 bits per heavy atom. The van der Waals surface area contributed by atoms with Crippen LogP contribution < -0.4 is 5.32 Å². The molecule has 0 bridgehead atoms. The number of esters is 1. The Morgan fingerprint density at radius 1 is 1.35 bits per heavy atom. The molecule has 0 aromatic heterocycles. The summed E-state index contributed by atoms with van der Waals surface area (Å²) < 4.78 is 44.0. The zero-order valence-electron chi connectivity index (χ0n) is 11.0. The second-order valence-corrected chi connectivity index (χ2v) is 4.81. The van der Waals surface area contributed by atoms with Gasteiger partial charge in [-0.3, -0.25) is 4.79 Å². The number of piperidine rings is 1. The third kappa shape index (κ3) is 2.95. The molecule has 6 heteroatoms. The number of alkyl halides is 3. The van der Waals surface area contributed by atoms with Crippen LogP contribution in [0.4, 0.5) is 13.2 Å². The highest BCUT2D eigenvalue weighted by Gasteiger charge is 2.39. The van der Waals surface area contributed by atoms with Crippen molar-refractivity contribution in [3.8, 4) is 0 Å². The first-order chi connectivity index (χ1) is 9.45. The van der Waals surface area contributed by atoms with Gasteiger partial charge < -0.3 is 10.1 Å². The zero-order chi connectivity index (χ0) is 14.8. The van der Waals surface area contributed by atoms with Crippen LogP contribution in [-0.2, 0) is 15.7 Å². The summed E-state index contributed by atoms with van der Waals surface area (Å²) in [6.45, 7) is 0.924. The van der Waals surface area contributed by atoms with E-state index in [1.54, 1.807) is 6.07 Å². The number of rotatable bonds is 2. The molecule has 0 saturated carbocycles. The zero-order valence-corrected chi connectivity index (χ0v) is 11.0. The van der Waals surface area contributed by atoms with Gasteiger partial charge in [-0.05, 0) is 24.6 Å². The second-order valence-electron chi connectivity index (χ2n) is 4.81. The molecule has 3 nitrogen and oxygen atoms in total. The number of hydrogen-bond acceptors (Lipinski definition) is 3. The molecule has 1 aliphatic rings. The average molecular weight is 287 g/mol. The number of hydrogen-bond donors (Lipinski definition) is 1. The summed E-state index contributed by atoms with van der Waals surface area (Å²) in [4.78, 5) is 11.8. The molecule has 1 aliphatic heterocycles. The fourth-order valence-electron chi connectivity index (χ4n) is 2.71. The van der Waals surface area contributed by atoms with Crippen LogP contribution in [-0.4, -0.2) is 26.2 Å². The van der Waals surface area contributed by atoms with E-state index in [1.807, 2.05) is 0 Å². The highest BCUT2D eigenvalue weighted by Crippen LogP contribution is 2.39. The Kier molecular flexibility index (Phi) is 4.32. The number of carbonyl (C=O) groups is 1. The van der Waals surface area contributed by atoms with Crippen molar-refractivity contribution in [2.45, 2.75) is 18.5 Å². The van der Waals surface area contributed by atoms with E-state index < -0.39 is 29.5 Å². The molecule has 1 aromatic carbocycles.